The fraction of sp³-hybridized carbons (Fsp3) is 0.857. The van der Waals surface area contributed by atoms with E-state index in [0.717, 1.165) is 0 Å². The molecular weight excluding hydrogens is 211 g/mol. The van der Waals surface area contributed by atoms with Crippen molar-refractivity contribution in [1.82, 2.24) is 0 Å². The molecule has 0 aromatic rings. The molecular formula is C7H9F5O2. The minimum absolute atomic E-state index is 0.166. The van der Waals surface area contributed by atoms with Crippen molar-refractivity contribution in [2.45, 2.75) is 38.5 Å². The second kappa shape index (κ2) is 4.10. The lowest BCUT2D eigenvalue weighted by molar-refractivity contribution is -0.282. The zero-order valence-electron chi connectivity index (χ0n) is 7.49. The Labute approximate surface area is 77.0 Å². The first-order valence-corrected chi connectivity index (χ1v) is 3.78. The standard InChI is InChI=1S/C7H9F5O2/c1-3-4(2)14-5(13)6(8,9)7(10,11)12/h4H,3H2,1-2H3. The number of hydrogen-bond donors (Lipinski definition) is 0. The van der Waals surface area contributed by atoms with Crippen molar-refractivity contribution in [3.05, 3.63) is 0 Å². The third-order valence-electron chi connectivity index (χ3n) is 1.50. The summed E-state index contributed by atoms with van der Waals surface area (Å²) < 4.78 is 63.1. The summed E-state index contributed by atoms with van der Waals surface area (Å²) in [6.07, 6.45) is -6.70. The van der Waals surface area contributed by atoms with Gasteiger partial charge in [0.25, 0.3) is 0 Å². The van der Waals surface area contributed by atoms with Crippen molar-refractivity contribution in [2.75, 3.05) is 0 Å². The molecule has 0 radical (unpaired) electrons. The molecule has 2 nitrogen and oxygen atoms in total. The van der Waals surface area contributed by atoms with Crippen LogP contribution in [0.25, 0.3) is 0 Å². The molecule has 1 atom stereocenters. The highest BCUT2D eigenvalue weighted by molar-refractivity contribution is 5.78. The highest BCUT2D eigenvalue weighted by Crippen LogP contribution is 2.36. The number of carbonyl (C=O) groups is 1. The van der Waals surface area contributed by atoms with Gasteiger partial charge >= 0.3 is 18.1 Å². The van der Waals surface area contributed by atoms with Gasteiger partial charge in [-0.2, -0.15) is 22.0 Å². The zero-order chi connectivity index (χ0) is 11.6. The molecule has 0 amide bonds. The average Bonchev–Trinajstić information content (AvgIpc) is 2.01. The quantitative estimate of drug-likeness (QED) is 0.539. The number of esters is 1. The number of halogens is 5. The number of ether oxygens (including phenoxy) is 1. The largest absolute Gasteiger partial charge is 0.465 e. The Morgan fingerprint density at radius 2 is 1.71 bits per heavy atom. The van der Waals surface area contributed by atoms with Crippen molar-refractivity contribution in [3.63, 3.8) is 0 Å². The summed E-state index contributed by atoms with van der Waals surface area (Å²) in [5.74, 6) is -7.99. The van der Waals surface area contributed by atoms with E-state index in [1.807, 2.05) is 0 Å². The van der Waals surface area contributed by atoms with Gasteiger partial charge < -0.3 is 4.74 Å². The Hall–Kier alpha value is -0.880. The number of carbonyl (C=O) groups excluding carboxylic acids is 1. The maximum absolute atomic E-state index is 12.2. The second-order valence-corrected chi connectivity index (χ2v) is 2.70. The van der Waals surface area contributed by atoms with Gasteiger partial charge in [0.1, 0.15) is 0 Å². The molecule has 0 saturated heterocycles. The van der Waals surface area contributed by atoms with E-state index in [1.54, 1.807) is 0 Å². The van der Waals surface area contributed by atoms with Crippen LogP contribution < -0.4 is 0 Å². The van der Waals surface area contributed by atoms with E-state index in [2.05, 4.69) is 4.74 Å². The molecule has 0 aliphatic carbocycles. The molecule has 0 aromatic heterocycles. The number of alkyl halides is 5. The lowest BCUT2D eigenvalue weighted by Gasteiger charge is -2.19. The zero-order valence-corrected chi connectivity index (χ0v) is 7.49. The predicted octanol–water partition coefficient (Wildman–Crippen LogP) is 2.53. The van der Waals surface area contributed by atoms with Crippen LogP contribution in [0.15, 0.2) is 0 Å². The van der Waals surface area contributed by atoms with E-state index in [4.69, 9.17) is 0 Å². The molecule has 0 spiro atoms. The SMILES string of the molecule is CCC(C)OC(=O)C(F)(F)C(F)(F)F. The van der Waals surface area contributed by atoms with Gasteiger partial charge in [-0.3, -0.25) is 0 Å². The summed E-state index contributed by atoms with van der Waals surface area (Å²) in [6.45, 7) is 2.72. The van der Waals surface area contributed by atoms with Crippen LogP contribution in [0.5, 0.6) is 0 Å². The Morgan fingerprint density at radius 1 is 1.29 bits per heavy atom. The molecule has 0 rings (SSSR count). The van der Waals surface area contributed by atoms with Crippen LogP contribution >= 0.6 is 0 Å². The number of hydrogen-bond acceptors (Lipinski definition) is 2. The third kappa shape index (κ3) is 2.81. The average molecular weight is 220 g/mol. The lowest BCUT2D eigenvalue weighted by Crippen LogP contribution is -2.46. The molecule has 0 aromatic carbocycles. The summed E-state index contributed by atoms with van der Waals surface area (Å²) in [4.78, 5) is 10.4. The molecule has 0 aliphatic heterocycles. The van der Waals surface area contributed by atoms with Crippen LogP contribution in [0.2, 0.25) is 0 Å². The molecule has 14 heavy (non-hydrogen) atoms. The third-order valence-corrected chi connectivity index (χ3v) is 1.50. The van der Waals surface area contributed by atoms with Crippen LogP contribution in [0.1, 0.15) is 20.3 Å². The smallest absolute Gasteiger partial charge is 0.458 e. The lowest BCUT2D eigenvalue weighted by atomic mass is 10.3. The molecule has 0 saturated carbocycles. The topological polar surface area (TPSA) is 26.3 Å². The van der Waals surface area contributed by atoms with Gasteiger partial charge in [-0.05, 0) is 13.3 Å². The van der Waals surface area contributed by atoms with Crippen LogP contribution in [-0.2, 0) is 9.53 Å². The molecule has 0 fully saturated rings. The Kier molecular flexibility index (Phi) is 3.84. The Morgan fingerprint density at radius 3 is 2.00 bits per heavy atom. The molecule has 0 aliphatic rings. The molecule has 1 unspecified atom stereocenters. The Balaban J connectivity index is 4.53. The van der Waals surface area contributed by atoms with Gasteiger partial charge in [0, 0.05) is 0 Å². The maximum atomic E-state index is 12.2. The molecule has 0 heterocycles. The minimum Gasteiger partial charge on any atom is -0.458 e. The van der Waals surface area contributed by atoms with Gasteiger partial charge in [0.15, 0.2) is 0 Å². The molecule has 0 bridgehead atoms. The molecule has 7 heteroatoms. The van der Waals surface area contributed by atoms with E-state index < -0.39 is 24.2 Å². The van der Waals surface area contributed by atoms with Crippen LogP contribution in [0.3, 0.4) is 0 Å². The highest BCUT2D eigenvalue weighted by Gasteiger charge is 2.65. The summed E-state index contributed by atoms with van der Waals surface area (Å²) in [6, 6.07) is 0. The first-order valence-electron chi connectivity index (χ1n) is 3.78. The van der Waals surface area contributed by atoms with E-state index in [-0.39, 0.29) is 6.42 Å². The summed E-state index contributed by atoms with van der Waals surface area (Å²) in [5.41, 5.74) is 0. The minimum atomic E-state index is -5.91. The van der Waals surface area contributed by atoms with E-state index in [9.17, 15) is 26.7 Å². The predicted molar refractivity (Wildman–Crippen MR) is 36.8 cm³/mol. The van der Waals surface area contributed by atoms with Gasteiger partial charge in [0.2, 0.25) is 0 Å². The fourth-order valence-corrected chi connectivity index (χ4v) is 0.456. The van der Waals surface area contributed by atoms with Crippen molar-refractivity contribution in [2.24, 2.45) is 0 Å². The number of rotatable bonds is 3. The van der Waals surface area contributed by atoms with Gasteiger partial charge in [0.05, 0.1) is 6.10 Å². The first kappa shape index (κ1) is 13.1. The van der Waals surface area contributed by atoms with Gasteiger partial charge in [-0.25, -0.2) is 4.79 Å². The Bertz CT molecular complexity index is 211. The van der Waals surface area contributed by atoms with Crippen LogP contribution in [0.4, 0.5) is 22.0 Å². The van der Waals surface area contributed by atoms with E-state index in [1.165, 1.54) is 13.8 Å². The van der Waals surface area contributed by atoms with Crippen LogP contribution in [0, 0.1) is 0 Å². The van der Waals surface area contributed by atoms with E-state index >= 15 is 0 Å². The van der Waals surface area contributed by atoms with Gasteiger partial charge in [-0.1, -0.05) is 6.92 Å². The van der Waals surface area contributed by atoms with E-state index in [0.29, 0.717) is 0 Å². The van der Waals surface area contributed by atoms with Crippen molar-refractivity contribution in [3.8, 4) is 0 Å². The van der Waals surface area contributed by atoms with Crippen LogP contribution in [-0.4, -0.2) is 24.2 Å². The van der Waals surface area contributed by atoms with Crippen molar-refractivity contribution < 1.29 is 31.5 Å². The summed E-state index contributed by atoms with van der Waals surface area (Å²) in [7, 11) is 0. The monoisotopic (exact) mass is 220 g/mol. The molecule has 0 N–H and O–H groups in total. The maximum Gasteiger partial charge on any atom is 0.465 e. The highest BCUT2D eigenvalue weighted by atomic mass is 19.4. The molecule has 84 valence electrons. The van der Waals surface area contributed by atoms with Crippen molar-refractivity contribution in [1.29, 1.82) is 0 Å². The fourth-order valence-electron chi connectivity index (χ4n) is 0.456. The van der Waals surface area contributed by atoms with Crippen molar-refractivity contribution >= 4 is 5.97 Å². The summed E-state index contributed by atoms with van der Waals surface area (Å²) in [5, 5.41) is 0. The summed E-state index contributed by atoms with van der Waals surface area (Å²) >= 11 is 0. The normalized spacial score (nSPS) is 15.1. The first-order chi connectivity index (χ1) is 6.13. The van der Waals surface area contributed by atoms with Gasteiger partial charge in [-0.15, -0.1) is 0 Å². The second-order valence-electron chi connectivity index (χ2n) is 2.70.